The number of benzene rings is 2. The van der Waals surface area contributed by atoms with Gasteiger partial charge in [0.25, 0.3) is 0 Å². The average molecular weight is 335 g/mol. The molecule has 1 amide bonds. The molecule has 3 heteroatoms. The highest BCUT2D eigenvalue weighted by Gasteiger charge is 2.43. The van der Waals surface area contributed by atoms with Gasteiger partial charge < -0.3 is 9.80 Å². The fourth-order valence-electron chi connectivity index (χ4n) is 4.16. The Labute approximate surface area is 150 Å². The van der Waals surface area contributed by atoms with Gasteiger partial charge in [-0.25, -0.2) is 0 Å². The van der Waals surface area contributed by atoms with Crippen LogP contribution in [-0.2, 0) is 4.79 Å². The number of nitrogens with zero attached hydrogens (tertiary/aromatic N) is 1. The van der Waals surface area contributed by atoms with Crippen molar-refractivity contribution < 1.29 is 9.69 Å². The third-order valence-electron chi connectivity index (χ3n) is 5.82. The lowest BCUT2D eigenvalue weighted by atomic mass is 9.96. The summed E-state index contributed by atoms with van der Waals surface area (Å²) < 4.78 is 0. The molecule has 2 aliphatic rings. The zero-order valence-corrected chi connectivity index (χ0v) is 14.9. The summed E-state index contributed by atoms with van der Waals surface area (Å²) in [5, 5.41) is 0. The van der Waals surface area contributed by atoms with Gasteiger partial charge >= 0.3 is 0 Å². The monoisotopic (exact) mass is 335 g/mol. The number of piperazine rings is 1. The molecule has 0 spiro atoms. The highest BCUT2D eigenvalue weighted by Crippen LogP contribution is 2.39. The zero-order chi connectivity index (χ0) is 17.2. The van der Waals surface area contributed by atoms with Gasteiger partial charge in [-0.15, -0.1) is 0 Å². The highest BCUT2D eigenvalue weighted by atomic mass is 16.2. The van der Waals surface area contributed by atoms with Crippen molar-refractivity contribution in [1.29, 1.82) is 0 Å². The normalized spacial score (nSPS) is 23.7. The Bertz CT molecular complexity index is 668. The molecule has 0 unspecified atom stereocenters. The molecule has 4 rings (SSSR count). The molecule has 0 radical (unpaired) electrons. The van der Waals surface area contributed by atoms with Gasteiger partial charge in [-0.2, -0.15) is 0 Å². The van der Waals surface area contributed by atoms with E-state index in [1.807, 2.05) is 0 Å². The zero-order valence-electron chi connectivity index (χ0n) is 14.9. The summed E-state index contributed by atoms with van der Waals surface area (Å²) in [6.07, 6.45) is 1.09. The molecule has 1 saturated heterocycles. The Hall–Kier alpha value is -2.13. The van der Waals surface area contributed by atoms with Crippen LogP contribution in [0.25, 0.3) is 0 Å². The summed E-state index contributed by atoms with van der Waals surface area (Å²) in [6.45, 7) is 5.98. The maximum Gasteiger partial charge on any atom is 0.226 e. The van der Waals surface area contributed by atoms with E-state index in [-0.39, 0.29) is 0 Å². The van der Waals surface area contributed by atoms with Crippen molar-refractivity contribution >= 4 is 5.91 Å². The molecule has 2 atom stereocenters. The van der Waals surface area contributed by atoms with E-state index in [9.17, 15) is 4.79 Å². The van der Waals surface area contributed by atoms with Gasteiger partial charge in [0.2, 0.25) is 5.91 Å². The van der Waals surface area contributed by atoms with Gasteiger partial charge in [0, 0.05) is 17.0 Å². The number of nitrogens with one attached hydrogen (secondary N) is 1. The molecule has 130 valence electrons. The Balaban J connectivity index is 1.50. The molecule has 25 heavy (non-hydrogen) atoms. The molecule has 1 aliphatic heterocycles. The Morgan fingerprint density at radius 1 is 0.960 bits per heavy atom. The van der Waals surface area contributed by atoms with Crippen molar-refractivity contribution in [2.24, 2.45) is 11.8 Å². The molecule has 1 aliphatic carbocycles. The Kier molecular flexibility index (Phi) is 4.58. The summed E-state index contributed by atoms with van der Waals surface area (Å²) in [5.41, 5.74) is 2.72. The summed E-state index contributed by atoms with van der Waals surface area (Å²) in [6, 6.07) is 21.9. The van der Waals surface area contributed by atoms with Gasteiger partial charge in [0.05, 0.1) is 26.2 Å². The van der Waals surface area contributed by atoms with E-state index in [0.717, 1.165) is 32.6 Å². The molecule has 2 fully saturated rings. The molecule has 3 nitrogen and oxygen atoms in total. The van der Waals surface area contributed by atoms with E-state index >= 15 is 0 Å². The second-order valence-corrected chi connectivity index (χ2v) is 7.56. The van der Waals surface area contributed by atoms with Gasteiger partial charge in [0.15, 0.2) is 0 Å². The lowest BCUT2D eigenvalue weighted by Crippen LogP contribution is -3.15. The number of amides is 1. The number of rotatable bonds is 4. The predicted molar refractivity (Wildman–Crippen MR) is 99.3 cm³/mol. The minimum Gasteiger partial charge on any atom is -0.331 e. The van der Waals surface area contributed by atoms with Crippen LogP contribution in [0, 0.1) is 11.8 Å². The predicted octanol–water partition coefficient (Wildman–Crippen LogP) is 2.16. The van der Waals surface area contributed by atoms with Crippen molar-refractivity contribution in [3.05, 3.63) is 71.8 Å². The van der Waals surface area contributed by atoms with Crippen LogP contribution >= 0.6 is 0 Å². The van der Waals surface area contributed by atoms with Crippen LogP contribution in [0.1, 0.15) is 30.5 Å². The summed E-state index contributed by atoms with van der Waals surface area (Å²) >= 11 is 0. The standard InChI is InChI=1S/C22H26N2O/c1-17-16-20(17)22(25)24-14-12-23(13-15-24)21(18-8-4-2-5-9-18)19-10-6-3-7-11-19/h2-11,17,20-21H,12-16H2,1H3/p+1/t17-,20-/m1/s1. The number of quaternary nitrogens is 1. The van der Waals surface area contributed by atoms with Crippen LogP contribution in [0.2, 0.25) is 0 Å². The first-order chi connectivity index (χ1) is 12.2. The maximum absolute atomic E-state index is 12.5. The average Bonchev–Trinajstić information content (AvgIpc) is 3.40. The van der Waals surface area contributed by atoms with E-state index in [1.54, 1.807) is 4.90 Å². The highest BCUT2D eigenvalue weighted by molar-refractivity contribution is 5.81. The minimum absolute atomic E-state index is 0.306. The third kappa shape index (κ3) is 3.47. The fourth-order valence-corrected chi connectivity index (χ4v) is 4.16. The molecule has 0 aromatic heterocycles. The molecular weight excluding hydrogens is 308 g/mol. The quantitative estimate of drug-likeness (QED) is 0.910. The van der Waals surface area contributed by atoms with Crippen LogP contribution in [0.3, 0.4) is 0 Å². The summed E-state index contributed by atoms with van der Waals surface area (Å²) in [4.78, 5) is 16.2. The van der Waals surface area contributed by atoms with Gasteiger partial charge in [0.1, 0.15) is 6.04 Å². The first kappa shape index (κ1) is 16.3. The number of hydrogen-bond donors (Lipinski definition) is 1. The molecular formula is C22H27N2O+. The van der Waals surface area contributed by atoms with Crippen molar-refractivity contribution in [2.45, 2.75) is 19.4 Å². The van der Waals surface area contributed by atoms with E-state index in [4.69, 9.17) is 0 Å². The second kappa shape index (κ2) is 7.01. The fraction of sp³-hybridized carbons (Fsp3) is 0.409. The van der Waals surface area contributed by atoms with E-state index in [2.05, 4.69) is 72.5 Å². The Morgan fingerprint density at radius 3 is 1.88 bits per heavy atom. The van der Waals surface area contributed by atoms with Crippen molar-refractivity contribution in [2.75, 3.05) is 26.2 Å². The minimum atomic E-state index is 0.306. The maximum atomic E-state index is 12.5. The molecule has 0 bridgehead atoms. The molecule has 2 aromatic rings. The van der Waals surface area contributed by atoms with Crippen molar-refractivity contribution in [3.63, 3.8) is 0 Å². The lowest BCUT2D eigenvalue weighted by molar-refractivity contribution is -0.929. The van der Waals surface area contributed by atoms with E-state index in [0.29, 0.717) is 23.8 Å². The molecule has 1 heterocycles. The largest absolute Gasteiger partial charge is 0.331 e. The topological polar surface area (TPSA) is 24.8 Å². The Morgan fingerprint density at radius 2 is 1.44 bits per heavy atom. The van der Waals surface area contributed by atoms with Crippen LogP contribution in [-0.4, -0.2) is 37.0 Å². The lowest BCUT2D eigenvalue weighted by Gasteiger charge is -2.37. The summed E-state index contributed by atoms with van der Waals surface area (Å²) in [5.74, 6) is 1.29. The molecule has 2 aromatic carbocycles. The first-order valence-corrected chi connectivity index (χ1v) is 9.47. The van der Waals surface area contributed by atoms with Crippen LogP contribution in [0.5, 0.6) is 0 Å². The van der Waals surface area contributed by atoms with E-state index < -0.39 is 0 Å². The van der Waals surface area contributed by atoms with Gasteiger partial charge in [-0.3, -0.25) is 4.79 Å². The van der Waals surface area contributed by atoms with Crippen molar-refractivity contribution in [3.8, 4) is 0 Å². The van der Waals surface area contributed by atoms with E-state index in [1.165, 1.54) is 11.1 Å². The molecule has 1 N–H and O–H groups in total. The summed E-state index contributed by atoms with van der Waals surface area (Å²) in [7, 11) is 0. The number of hydrogen-bond acceptors (Lipinski definition) is 1. The van der Waals surface area contributed by atoms with Crippen molar-refractivity contribution in [1.82, 2.24) is 4.90 Å². The van der Waals surface area contributed by atoms with Crippen LogP contribution in [0.4, 0.5) is 0 Å². The van der Waals surface area contributed by atoms with Gasteiger partial charge in [-0.1, -0.05) is 67.6 Å². The second-order valence-electron chi connectivity index (χ2n) is 7.56. The number of carbonyl (C=O) groups excluding carboxylic acids is 1. The molecule has 1 saturated carbocycles. The van der Waals surface area contributed by atoms with Gasteiger partial charge in [-0.05, 0) is 12.3 Å². The SMILES string of the molecule is C[C@@H]1C[C@H]1C(=O)N1CC[NH+](C(c2ccccc2)c2ccccc2)CC1. The first-order valence-electron chi connectivity index (χ1n) is 9.47. The van der Waals surface area contributed by atoms with Crippen LogP contribution in [0.15, 0.2) is 60.7 Å². The third-order valence-corrected chi connectivity index (χ3v) is 5.82. The smallest absolute Gasteiger partial charge is 0.226 e. The van der Waals surface area contributed by atoms with Crippen LogP contribution < -0.4 is 4.90 Å². The number of carbonyl (C=O) groups is 1.